The molecule has 1 saturated heterocycles. The molecule has 1 aromatic carbocycles. The van der Waals surface area contributed by atoms with Gasteiger partial charge in [-0.15, -0.1) is 10.2 Å². The minimum atomic E-state index is 0.218. The van der Waals surface area contributed by atoms with Gasteiger partial charge < -0.3 is 19.9 Å². The van der Waals surface area contributed by atoms with E-state index in [1.165, 1.54) is 0 Å². The summed E-state index contributed by atoms with van der Waals surface area (Å²) in [5.74, 6) is 1.49. The molecule has 4 rings (SSSR count). The number of phenols is 1. The quantitative estimate of drug-likeness (QED) is 0.765. The zero-order valence-electron chi connectivity index (χ0n) is 17.3. The largest absolute Gasteiger partial charge is 0.507 e. The Morgan fingerprint density at radius 3 is 3.03 bits per heavy atom. The Bertz CT molecular complexity index is 876. The summed E-state index contributed by atoms with van der Waals surface area (Å²) in [5, 5.41) is 22.7. The first kappa shape index (κ1) is 19.8. The maximum Gasteiger partial charge on any atom is 0.243 e. The fraction of sp³-hybridized carbons (Fsp3) is 0.571. The highest BCUT2D eigenvalue weighted by atomic mass is 16.5. The van der Waals surface area contributed by atoms with Crippen molar-refractivity contribution >= 4 is 5.95 Å². The third kappa shape index (κ3) is 4.28. The molecule has 0 aliphatic carbocycles. The molecule has 8 nitrogen and oxygen atoms in total. The van der Waals surface area contributed by atoms with E-state index in [9.17, 15) is 5.11 Å². The summed E-state index contributed by atoms with van der Waals surface area (Å²) in [7, 11) is 1.75. The van der Waals surface area contributed by atoms with Gasteiger partial charge in [0.05, 0.1) is 18.4 Å². The van der Waals surface area contributed by atoms with Crippen molar-refractivity contribution in [1.29, 1.82) is 0 Å². The molecule has 2 unspecified atom stereocenters. The highest BCUT2D eigenvalue weighted by molar-refractivity contribution is 5.72. The molecule has 0 saturated carbocycles. The zero-order chi connectivity index (χ0) is 20.4. The summed E-state index contributed by atoms with van der Waals surface area (Å²) >= 11 is 0. The van der Waals surface area contributed by atoms with Gasteiger partial charge in [-0.05, 0) is 45.4 Å². The van der Waals surface area contributed by atoms with Crippen LogP contribution in [0.25, 0.3) is 11.3 Å². The van der Waals surface area contributed by atoms with Crippen molar-refractivity contribution in [3.05, 3.63) is 23.4 Å². The van der Waals surface area contributed by atoms with Crippen LogP contribution in [-0.4, -0.2) is 70.7 Å². The number of rotatable bonds is 6. The number of aryl methyl sites for hydroxylation is 1. The minimum Gasteiger partial charge on any atom is -0.507 e. The van der Waals surface area contributed by atoms with Crippen molar-refractivity contribution in [2.45, 2.75) is 45.3 Å². The van der Waals surface area contributed by atoms with E-state index in [1.54, 1.807) is 7.11 Å². The monoisotopic (exact) mass is 399 g/mol. The van der Waals surface area contributed by atoms with Crippen LogP contribution >= 0.6 is 0 Å². The standard InChI is InChI=1S/C21H29N5O3/c1-13(28-3)11-26-9-4-5-15(12-26)23-21-22-14(2)19(24-25-21)17-6-7-18-16(20(17)27)8-10-29-18/h6-7,13,15,27H,4-5,8-12H2,1-3H3,(H,22,23,25). The number of fused-ring (bicyclic) bond motifs is 1. The third-order valence-electron chi connectivity index (χ3n) is 5.72. The number of methoxy groups -OCH3 is 1. The number of aromatic nitrogens is 3. The molecule has 2 N–H and O–H groups in total. The van der Waals surface area contributed by atoms with Crippen LogP contribution < -0.4 is 10.1 Å². The number of benzene rings is 1. The van der Waals surface area contributed by atoms with Crippen molar-refractivity contribution in [3.8, 4) is 22.8 Å². The van der Waals surface area contributed by atoms with Gasteiger partial charge in [0, 0.05) is 43.8 Å². The van der Waals surface area contributed by atoms with E-state index < -0.39 is 0 Å². The van der Waals surface area contributed by atoms with Crippen molar-refractivity contribution in [2.75, 3.05) is 38.7 Å². The van der Waals surface area contributed by atoms with Crippen LogP contribution in [-0.2, 0) is 11.2 Å². The average molecular weight is 399 g/mol. The van der Waals surface area contributed by atoms with Crippen LogP contribution in [0.15, 0.2) is 12.1 Å². The van der Waals surface area contributed by atoms with Crippen LogP contribution in [0, 0.1) is 6.92 Å². The molecule has 1 fully saturated rings. The van der Waals surface area contributed by atoms with E-state index in [-0.39, 0.29) is 17.9 Å². The Labute approximate surface area is 171 Å². The molecule has 8 heteroatoms. The van der Waals surface area contributed by atoms with Crippen molar-refractivity contribution < 1.29 is 14.6 Å². The van der Waals surface area contributed by atoms with Gasteiger partial charge in [0.15, 0.2) is 0 Å². The maximum atomic E-state index is 10.6. The van der Waals surface area contributed by atoms with Crippen molar-refractivity contribution in [2.24, 2.45) is 0 Å². The predicted molar refractivity (Wildman–Crippen MR) is 110 cm³/mol. The SMILES string of the molecule is COC(C)CN1CCCC(Nc2nnc(-c3ccc4c(c3O)CCO4)c(C)n2)C1. The lowest BCUT2D eigenvalue weighted by Gasteiger charge is -2.34. The summed E-state index contributed by atoms with van der Waals surface area (Å²) < 4.78 is 10.9. The van der Waals surface area contributed by atoms with Crippen LogP contribution in [0.4, 0.5) is 5.95 Å². The number of phenolic OH excluding ortho intramolecular Hbond substituents is 1. The lowest BCUT2D eigenvalue weighted by Crippen LogP contribution is -2.45. The van der Waals surface area contributed by atoms with Crippen molar-refractivity contribution in [1.82, 2.24) is 20.1 Å². The van der Waals surface area contributed by atoms with E-state index in [4.69, 9.17) is 9.47 Å². The van der Waals surface area contributed by atoms with Gasteiger partial charge in [-0.3, -0.25) is 4.90 Å². The molecule has 3 heterocycles. The minimum absolute atomic E-state index is 0.218. The van der Waals surface area contributed by atoms with E-state index in [1.807, 2.05) is 19.1 Å². The molecule has 0 spiro atoms. The van der Waals surface area contributed by atoms with E-state index in [0.29, 0.717) is 30.2 Å². The number of nitrogens with zero attached hydrogens (tertiary/aromatic N) is 4. The number of hydrogen-bond acceptors (Lipinski definition) is 8. The number of anilines is 1. The summed E-state index contributed by atoms with van der Waals surface area (Å²) in [6.07, 6.45) is 3.13. The van der Waals surface area contributed by atoms with Gasteiger partial charge in [0.2, 0.25) is 5.95 Å². The number of piperidine rings is 1. The summed E-state index contributed by atoms with van der Waals surface area (Å²) in [5.41, 5.74) is 2.81. The zero-order valence-corrected chi connectivity index (χ0v) is 17.3. The van der Waals surface area contributed by atoms with Crippen molar-refractivity contribution in [3.63, 3.8) is 0 Å². The Balaban J connectivity index is 1.47. The molecule has 2 atom stereocenters. The Kier molecular flexibility index (Phi) is 5.82. The normalized spacial score (nSPS) is 20.2. The van der Waals surface area contributed by atoms with Gasteiger partial charge in [-0.25, -0.2) is 4.98 Å². The number of hydrogen-bond donors (Lipinski definition) is 2. The van der Waals surface area contributed by atoms with Gasteiger partial charge in [-0.1, -0.05) is 0 Å². The smallest absolute Gasteiger partial charge is 0.243 e. The number of aromatic hydroxyl groups is 1. The molecular formula is C21H29N5O3. The van der Waals surface area contributed by atoms with E-state index >= 15 is 0 Å². The van der Waals surface area contributed by atoms with Crippen LogP contribution in [0.5, 0.6) is 11.5 Å². The van der Waals surface area contributed by atoms with Crippen LogP contribution in [0.1, 0.15) is 31.0 Å². The molecule has 29 heavy (non-hydrogen) atoms. The van der Waals surface area contributed by atoms with E-state index in [0.717, 1.165) is 49.5 Å². The number of ether oxygens (including phenoxy) is 2. The second kappa shape index (κ2) is 8.51. The highest BCUT2D eigenvalue weighted by Gasteiger charge is 2.24. The Hall–Kier alpha value is -2.45. The van der Waals surface area contributed by atoms with Gasteiger partial charge in [0.25, 0.3) is 0 Å². The summed E-state index contributed by atoms with van der Waals surface area (Å²) in [6, 6.07) is 3.98. The van der Waals surface area contributed by atoms with Gasteiger partial charge in [-0.2, -0.15) is 0 Å². The maximum absolute atomic E-state index is 10.6. The fourth-order valence-corrected chi connectivity index (χ4v) is 4.12. The molecule has 2 aliphatic heterocycles. The second-order valence-electron chi connectivity index (χ2n) is 7.90. The fourth-order valence-electron chi connectivity index (χ4n) is 4.12. The first-order valence-corrected chi connectivity index (χ1v) is 10.3. The average Bonchev–Trinajstić information content (AvgIpc) is 3.19. The molecule has 0 bridgehead atoms. The predicted octanol–water partition coefficient (Wildman–Crippen LogP) is 2.40. The second-order valence-corrected chi connectivity index (χ2v) is 7.90. The molecule has 0 radical (unpaired) electrons. The Morgan fingerprint density at radius 2 is 2.24 bits per heavy atom. The molecule has 0 amide bonds. The third-order valence-corrected chi connectivity index (χ3v) is 5.72. The topological polar surface area (TPSA) is 92.6 Å². The van der Waals surface area contributed by atoms with E-state index in [2.05, 4.69) is 32.3 Å². The molecule has 2 aliphatic rings. The summed E-state index contributed by atoms with van der Waals surface area (Å²) in [6.45, 7) is 7.53. The summed E-state index contributed by atoms with van der Waals surface area (Å²) in [4.78, 5) is 7.02. The highest BCUT2D eigenvalue weighted by Crippen LogP contribution is 2.40. The lowest BCUT2D eigenvalue weighted by molar-refractivity contribution is 0.0680. The molecule has 1 aromatic heterocycles. The first-order chi connectivity index (χ1) is 14.0. The number of likely N-dealkylation sites (tertiary alicyclic amines) is 1. The Morgan fingerprint density at radius 1 is 1.38 bits per heavy atom. The molecular weight excluding hydrogens is 370 g/mol. The van der Waals surface area contributed by atoms with Gasteiger partial charge in [0.1, 0.15) is 17.2 Å². The number of nitrogens with one attached hydrogen (secondary N) is 1. The van der Waals surface area contributed by atoms with Gasteiger partial charge >= 0.3 is 0 Å². The van der Waals surface area contributed by atoms with Crippen LogP contribution in [0.3, 0.4) is 0 Å². The lowest BCUT2D eigenvalue weighted by atomic mass is 10.0. The molecule has 156 valence electrons. The van der Waals surface area contributed by atoms with Crippen LogP contribution in [0.2, 0.25) is 0 Å². The molecule has 2 aromatic rings. The first-order valence-electron chi connectivity index (χ1n) is 10.3.